The predicted molar refractivity (Wildman–Crippen MR) is 153 cm³/mol. The molecular formula is C32H36N2O6. The lowest BCUT2D eigenvalue weighted by atomic mass is 9.92. The minimum atomic E-state index is -0.810. The molecule has 8 nitrogen and oxygen atoms in total. The Hall–Kier alpha value is -3.75. The number of aliphatic carboxylic acids is 1. The van der Waals surface area contributed by atoms with Gasteiger partial charge in [0, 0.05) is 54.0 Å². The quantitative estimate of drug-likeness (QED) is 0.381. The summed E-state index contributed by atoms with van der Waals surface area (Å²) in [5, 5.41) is 12.8. The zero-order valence-corrected chi connectivity index (χ0v) is 23.1. The second-order valence-corrected chi connectivity index (χ2v) is 10.8. The number of morpholine rings is 1. The maximum atomic E-state index is 11.2. The van der Waals surface area contributed by atoms with Crippen LogP contribution in [-0.4, -0.2) is 68.6 Å². The molecule has 2 N–H and O–H groups in total. The largest absolute Gasteiger partial charge is 0.493 e. The second-order valence-electron chi connectivity index (χ2n) is 10.8. The van der Waals surface area contributed by atoms with Crippen molar-refractivity contribution < 1.29 is 28.8 Å². The molecule has 3 aromatic rings. The van der Waals surface area contributed by atoms with E-state index in [4.69, 9.17) is 18.9 Å². The van der Waals surface area contributed by atoms with Gasteiger partial charge in [-0.1, -0.05) is 24.3 Å². The Morgan fingerprint density at radius 1 is 1.02 bits per heavy atom. The molecular weight excluding hydrogens is 508 g/mol. The molecule has 40 heavy (non-hydrogen) atoms. The van der Waals surface area contributed by atoms with Gasteiger partial charge in [-0.15, -0.1) is 0 Å². The van der Waals surface area contributed by atoms with E-state index in [2.05, 4.69) is 54.4 Å². The first-order valence-corrected chi connectivity index (χ1v) is 14.0. The number of anilines is 1. The smallest absolute Gasteiger partial charge is 0.304 e. The maximum Gasteiger partial charge on any atom is 0.304 e. The van der Waals surface area contributed by atoms with Crippen LogP contribution in [0.25, 0.3) is 11.1 Å². The van der Waals surface area contributed by atoms with Crippen LogP contribution in [0.4, 0.5) is 5.69 Å². The Balaban J connectivity index is 1.17. The van der Waals surface area contributed by atoms with Gasteiger partial charge >= 0.3 is 5.97 Å². The molecule has 0 spiro atoms. The summed E-state index contributed by atoms with van der Waals surface area (Å²) in [4.78, 5) is 13.5. The highest BCUT2D eigenvalue weighted by molar-refractivity contribution is 5.79. The summed E-state index contributed by atoms with van der Waals surface area (Å²) in [6.07, 6.45) is 0.0762. The number of carboxylic acid groups (broad SMARTS) is 1. The first-order chi connectivity index (χ1) is 19.5. The topological polar surface area (TPSA) is 89.5 Å². The molecule has 8 heteroatoms. The number of nitrogens with one attached hydrogen (secondary N) is 1. The number of hydrogen-bond donors (Lipinski definition) is 2. The van der Waals surface area contributed by atoms with Gasteiger partial charge in [0.05, 0.1) is 32.3 Å². The number of fused-ring (bicyclic) bond motifs is 2. The van der Waals surface area contributed by atoms with Gasteiger partial charge in [0.1, 0.15) is 30.5 Å². The van der Waals surface area contributed by atoms with Crippen LogP contribution in [-0.2, 0) is 9.53 Å². The summed E-state index contributed by atoms with van der Waals surface area (Å²) < 4.78 is 23.7. The molecule has 3 aromatic carbocycles. The lowest BCUT2D eigenvalue weighted by molar-refractivity contribution is -0.137. The van der Waals surface area contributed by atoms with E-state index >= 15 is 0 Å². The van der Waals surface area contributed by atoms with Crippen molar-refractivity contribution in [3.8, 4) is 28.4 Å². The van der Waals surface area contributed by atoms with Crippen molar-refractivity contribution in [1.29, 1.82) is 0 Å². The van der Waals surface area contributed by atoms with Crippen molar-refractivity contribution in [2.45, 2.75) is 32.2 Å². The Labute approximate surface area is 234 Å². The molecule has 3 aliphatic heterocycles. The highest BCUT2D eigenvalue weighted by atomic mass is 16.5. The third-order valence-corrected chi connectivity index (χ3v) is 8.03. The van der Waals surface area contributed by atoms with Crippen LogP contribution in [0.15, 0.2) is 48.5 Å². The highest BCUT2D eigenvalue weighted by Crippen LogP contribution is 2.45. The molecule has 0 unspecified atom stereocenters. The molecule has 210 valence electrons. The molecule has 3 aliphatic rings. The summed E-state index contributed by atoms with van der Waals surface area (Å²) >= 11 is 0. The lowest BCUT2D eigenvalue weighted by Gasteiger charge is -2.26. The number of carboxylic acids is 1. The monoisotopic (exact) mass is 544 g/mol. The number of rotatable bonds is 9. The molecule has 2 atom stereocenters. The summed E-state index contributed by atoms with van der Waals surface area (Å²) in [6, 6.07) is 16.5. The first-order valence-electron chi connectivity index (χ1n) is 14.0. The van der Waals surface area contributed by atoms with E-state index in [0.717, 1.165) is 83.6 Å². The van der Waals surface area contributed by atoms with Gasteiger partial charge in [-0.05, 0) is 48.7 Å². The zero-order chi connectivity index (χ0) is 27.6. The van der Waals surface area contributed by atoms with E-state index in [1.165, 1.54) is 5.56 Å². The average Bonchev–Trinajstić information content (AvgIpc) is 3.53. The van der Waals surface area contributed by atoms with E-state index in [0.29, 0.717) is 19.8 Å². The summed E-state index contributed by atoms with van der Waals surface area (Å²) in [5.41, 5.74) is 7.57. The number of ether oxygens (including phenoxy) is 4. The molecule has 0 amide bonds. The van der Waals surface area contributed by atoms with Gasteiger partial charge < -0.3 is 29.4 Å². The molecule has 0 bridgehead atoms. The van der Waals surface area contributed by atoms with Crippen molar-refractivity contribution in [3.63, 3.8) is 0 Å². The van der Waals surface area contributed by atoms with Crippen molar-refractivity contribution in [2.24, 2.45) is 0 Å². The van der Waals surface area contributed by atoms with Crippen LogP contribution in [0.5, 0.6) is 17.2 Å². The number of carbonyl (C=O) groups is 1. The predicted octanol–water partition coefficient (Wildman–Crippen LogP) is 5.18. The Morgan fingerprint density at radius 2 is 1.82 bits per heavy atom. The Morgan fingerprint density at radius 3 is 2.60 bits per heavy atom. The fraction of sp³-hybridized carbons (Fsp3) is 0.406. The maximum absolute atomic E-state index is 11.2. The number of benzene rings is 3. The van der Waals surface area contributed by atoms with Crippen molar-refractivity contribution in [1.82, 2.24) is 4.90 Å². The van der Waals surface area contributed by atoms with Crippen LogP contribution in [0.2, 0.25) is 0 Å². The lowest BCUT2D eigenvalue weighted by Crippen LogP contribution is -2.38. The Kier molecular flexibility index (Phi) is 7.54. The Bertz CT molecular complexity index is 1380. The minimum Gasteiger partial charge on any atom is -0.493 e. The molecule has 0 radical (unpaired) electrons. The van der Waals surface area contributed by atoms with Crippen molar-refractivity contribution in [3.05, 3.63) is 70.8 Å². The SMILES string of the molecule is Cc1cc(OCCN2CCOCC2)cc(C)c1-c1cccc2c1OC[C@H]2Nc1ccc2c(c1)OC[C@H]2CC(=O)O. The van der Waals surface area contributed by atoms with Crippen molar-refractivity contribution >= 4 is 11.7 Å². The van der Waals surface area contributed by atoms with Crippen LogP contribution in [0.3, 0.4) is 0 Å². The van der Waals surface area contributed by atoms with Gasteiger partial charge in [0.15, 0.2) is 0 Å². The third kappa shape index (κ3) is 5.46. The van der Waals surface area contributed by atoms with Gasteiger partial charge in [-0.3, -0.25) is 9.69 Å². The van der Waals surface area contributed by atoms with Gasteiger partial charge in [0.25, 0.3) is 0 Å². The minimum absolute atomic E-state index is 0.00683. The van der Waals surface area contributed by atoms with Gasteiger partial charge in [-0.2, -0.15) is 0 Å². The van der Waals surface area contributed by atoms with Crippen LogP contribution in [0, 0.1) is 13.8 Å². The number of aryl methyl sites for hydroxylation is 2. The van der Waals surface area contributed by atoms with Crippen LogP contribution < -0.4 is 19.5 Å². The van der Waals surface area contributed by atoms with E-state index in [1.54, 1.807) is 0 Å². The molecule has 3 heterocycles. The fourth-order valence-electron chi connectivity index (χ4n) is 6.06. The molecule has 1 saturated heterocycles. The summed E-state index contributed by atoms with van der Waals surface area (Å²) in [6.45, 7) is 10.2. The molecule has 0 aliphatic carbocycles. The third-order valence-electron chi connectivity index (χ3n) is 8.03. The second kappa shape index (κ2) is 11.4. The van der Waals surface area contributed by atoms with Crippen LogP contribution >= 0.6 is 0 Å². The standard InChI is InChI=1S/C32H36N2O6/c1-20-14-24(38-13-10-34-8-11-37-12-9-34)15-21(2)31(20)27-5-3-4-26-28(19-40-32(26)27)33-23-6-7-25-22(16-30(35)36)18-39-29(25)17-23/h3-7,14-15,17,22,28,33H,8-13,16,18-19H2,1-2H3,(H,35,36)/t22-,28-/m1/s1. The highest BCUT2D eigenvalue weighted by Gasteiger charge is 2.30. The molecule has 0 aromatic heterocycles. The van der Waals surface area contributed by atoms with Crippen LogP contribution in [0.1, 0.15) is 40.6 Å². The van der Waals surface area contributed by atoms with E-state index in [1.807, 2.05) is 18.2 Å². The number of hydrogen-bond acceptors (Lipinski definition) is 7. The fourth-order valence-corrected chi connectivity index (χ4v) is 6.06. The normalized spacial score (nSPS) is 19.9. The molecule has 6 rings (SSSR count). The van der Waals surface area contributed by atoms with Gasteiger partial charge in [0.2, 0.25) is 0 Å². The summed E-state index contributed by atoms with van der Waals surface area (Å²) in [5.74, 6) is 1.64. The molecule has 0 saturated carbocycles. The average molecular weight is 545 g/mol. The van der Waals surface area contributed by atoms with E-state index in [9.17, 15) is 9.90 Å². The van der Waals surface area contributed by atoms with Gasteiger partial charge in [-0.25, -0.2) is 0 Å². The number of nitrogens with zero attached hydrogens (tertiary/aromatic N) is 1. The first kappa shape index (κ1) is 26.5. The number of para-hydroxylation sites is 1. The summed E-state index contributed by atoms with van der Waals surface area (Å²) in [7, 11) is 0. The van der Waals surface area contributed by atoms with Crippen molar-refractivity contribution in [2.75, 3.05) is 58.0 Å². The molecule has 1 fully saturated rings. The zero-order valence-electron chi connectivity index (χ0n) is 23.1. The van der Waals surface area contributed by atoms with E-state index < -0.39 is 5.97 Å². The van der Waals surface area contributed by atoms with E-state index in [-0.39, 0.29) is 18.4 Å².